The lowest BCUT2D eigenvalue weighted by Gasteiger charge is -2.58. The number of aliphatic hydroxyl groups excluding tert-OH is 2. The summed E-state index contributed by atoms with van der Waals surface area (Å²) in [5, 5.41) is 19.0. The minimum Gasteiger partial charge on any atom is -0.510 e. The van der Waals surface area contributed by atoms with Gasteiger partial charge in [-0.3, -0.25) is 4.79 Å². The summed E-state index contributed by atoms with van der Waals surface area (Å²) < 4.78 is 0. The quantitative estimate of drug-likeness (QED) is 0.722. The van der Waals surface area contributed by atoms with E-state index in [9.17, 15) is 15.0 Å². The Hall–Kier alpha value is -1.09. The topological polar surface area (TPSA) is 57.5 Å². The lowest BCUT2D eigenvalue weighted by molar-refractivity contribution is -0.117. The molecule has 6 atom stereocenters. The zero-order chi connectivity index (χ0) is 17.8. The molecule has 0 spiro atoms. The monoisotopic (exact) mass is 344 g/mol. The van der Waals surface area contributed by atoms with Crippen LogP contribution < -0.4 is 0 Å². The summed E-state index contributed by atoms with van der Waals surface area (Å²) in [6.45, 7) is 4.60. The van der Waals surface area contributed by atoms with E-state index in [1.165, 1.54) is 31.3 Å². The van der Waals surface area contributed by atoms with Crippen LogP contribution in [0.25, 0.3) is 0 Å². The van der Waals surface area contributed by atoms with E-state index < -0.39 is 0 Å². The maximum Gasteiger partial charge on any atom is 0.155 e. The summed E-state index contributed by atoms with van der Waals surface area (Å²) in [4.78, 5) is 11.9. The van der Waals surface area contributed by atoms with Crippen molar-refractivity contribution in [2.45, 2.75) is 65.2 Å². The summed E-state index contributed by atoms with van der Waals surface area (Å²) in [7, 11) is 0. The van der Waals surface area contributed by atoms with Crippen LogP contribution in [0.3, 0.4) is 0 Å². The van der Waals surface area contributed by atoms with Crippen molar-refractivity contribution in [3.05, 3.63) is 23.5 Å². The molecule has 0 aromatic carbocycles. The van der Waals surface area contributed by atoms with E-state index in [-0.39, 0.29) is 23.2 Å². The smallest absolute Gasteiger partial charge is 0.155 e. The van der Waals surface area contributed by atoms with Crippen LogP contribution in [0, 0.1) is 34.5 Å². The second-order valence-electron chi connectivity index (χ2n) is 9.51. The van der Waals surface area contributed by atoms with Crippen molar-refractivity contribution in [2.75, 3.05) is 6.61 Å². The number of carbonyl (C=O) groups is 1. The highest BCUT2D eigenvalue weighted by Crippen LogP contribution is 2.66. The van der Waals surface area contributed by atoms with Crippen molar-refractivity contribution in [3.8, 4) is 0 Å². The van der Waals surface area contributed by atoms with Crippen LogP contribution in [-0.4, -0.2) is 22.6 Å². The molecular formula is C22H32O3. The average Bonchev–Trinajstić information content (AvgIpc) is 2.92. The predicted molar refractivity (Wildman–Crippen MR) is 98.0 cm³/mol. The molecule has 0 amide bonds. The van der Waals surface area contributed by atoms with Gasteiger partial charge in [0.15, 0.2) is 5.78 Å². The number of hydrogen-bond donors (Lipinski definition) is 2. The molecular weight excluding hydrogens is 312 g/mol. The Morgan fingerprint density at radius 2 is 1.96 bits per heavy atom. The first-order chi connectivity index (χ1) is 11.9. The van der Waals surface area contributed by atoms with Crippen LogP contribution in [0.2, 0.25) is 0 Å². The van der Waals surface area contributed by atoms with Crippen molar-refractivity contribution in [1.82, 2.24) is 0 Å². The Bertz CT molecular complexity index is 633. The Morgan fingerprint density at radius 3 is 2.72 bits per heavy atom. The number of ketones is 1. The molecule has 25 heavy (non-hydrogen) atoms. The van der Waals surface area contributed by atoms with Crippen LogP contribution in [-0.2, 0) is 4.79 Å². The number of fused-ring (bicyclic) bond motifs is 5. The molecule has 0 radical (unpaired) electrons. The van der Waals surface area contributed by atoms with E-state index >= 15 is 0 Å². The highest BCUT2D eigenvalue weighted by molar-refractivity contribution is 5.91. The maximum atomic E-state index is 11.9. The van der Waals surface area contributed by atoms with Gasteiger partial charge in [0.2, 0.25) is 0 Å². The van der Waals surface area contributed by atoms with Crippen molar-refractivity contribution in [2.24, 2.45) is 34.5 Å². The molecule has 0 saturated heterocycles. The minimum absolute atomic E-state index is 0.139. The Kier molecular flexibility index (Phi) is 4.14. The van der Waals surface area contributed by atoms with Crippen molar-refractivity contribution >= 4 is 5.78 Å². The summed E-state index contributed by atoms with van der Waals surface area (Å²) in [6, 6.07) is 0. The first kappa shape index (κ1) is 17.3. The van der Waals surface area contributed by atoms with Gasteiger partial charge in [-0.25, -0.2) is 0 Å². The maximum absolute atomic E-state index is 11.9. The van der Waals surface area contributed by atoms with Gasteiger partial charge in [-0.15, -0.1) is 0 Å². The van der Waals surface area contributed by atoms with Gasteiger partial charge >= 0.3 is 0 Å². The molecule has 4 aliphatic rings. The molecule has 0 unspecified atom stereocenters. The Balaban J connectivity index is 1.62. The second-order valence-corrected chi connectivity index (χ2v) is 9.51. The van der Waals surface area contributed by atoms with Gasteiger partial charge in [-0.1, -0.05) is 19.4 Å². The molecule has 0 bridgehead atoms. The normalized spacial score (nSPS) is 46.9. The van der Waals surface area contributed by atoms with Gasteiger partial charge in [-0.2, -0.15) is 0 Å². The number of allylic oxidation sites excluding steroid dienone is 2. The first-order valence-electron chi connectivity index (χ1n) is 10.1. The molecule has 138 valence electrons. The second kappa shape index (κ2) is 5.97. The lowest BCUT2D eigenvalue weighted by atomic mass is 9.47. The molecule has 3 heteroatoms. The molecule has 3 nitrogen and oxygen atoms in total. The van der Waals surface area contributed by atoms with Gasteiger partial charge in [0.1, 0.15) is 5.76 Å². The SMILES string of the molecule is C[C@]12CC[C@H]3[C@@H](CCC4=CC(=O)CC[C@@]43C)[C@@H]1CC[C@H]2C=C(O)CO. The Morgan fingerprint density at radius 1 is 1.16 bits per heavy atom. The van der Waals surface area contributed by atoms with Gasteiger partial charge < -0.3 is 10.2 Å². The van der Waals surface area contributed by atoms with E-state index in [4.69, 9.17) is 0 Å². The summed E-state index contributed by atoms with van der Waals surface area (Å²) in [5.41, 5.74) is 1.92. The van der Waals surface area contributed by atoms with E-state index in [2.05, 4.69) is 13.8 Å². The zero-order valence-corrected chi connectivity index (χ0v) is 15.6. The average molecular weight is 344 g/mol. The van der Waals surface area contributed by atoms with Gasteiger partial charge in [0.05, 0.1) is 6.61 Å². The minimum atomic E-state index is -0.246. The third-order valence-corrected chi connectivity index (χ3v) is 8.59. The van der Waals surface area contributed by atoms with Crippen molar-refractivity contribution in [1.29, 1.82) is 0 Å². The number of carbonyl (C=O) groups excluding carboxylic acids is 1. The van der Waals surface area contributed by atoms with E-state index in [0.29, 0.717) is 17.6 Å². The summed E-state index contributed by atoms with van der Waals surface area (Å²) in [5.74, 6) is 3.05. The molecule has 4 aliphatic carbocycles. The van der Waals surface area contributed by atoms with Crippen LogP contribution >= 0.6 is 0 Å². The number of aliphatic hydroxyl groups is 2. The third-order valence-electron chi connectivity index (χ3n) is 8.59. The van der Waals surface area contributed by atoms with E-state index in [0.717, 1.165) is 37.5 Å². The van der Waals surface area contributed by atoms with Crippen LogP contribution in [0.1, 0.15) is 65.2 Å². The van der Waals surface area contributed by atoms with E-state index in [1.807, 2.05) is 12.2 Å². The zero-order valence-electron chi connectivity index (χ0n) is 15.6. The van der Waals surface area contributed by atoms with Crippen LogP contribution in [0.15, 0.2) is 23.5 Å². The predicted octanol–water partition coefficient (Wildman–Crippen LogP) is 4.57. The third kappa shape index (κ3) is 2.53. The first-order valence-corrected chi connectivity index (χ1v) is 10.1. The van der Waals surface area contributed by atoms with Crippen LogP contribution in [0.5, 0.6) is 0 Å². The molecule has 4 rings (SSSR count). The Labute approximate surface area is 151 Å². The van der Waals surface area contributed by atoms with Gasteiger partial charge in [0.25, 0.3) is 0 Å². The number of hydrogen-bond acceptors (Lipinski definition) is 3. The largest absolute Gasteiger partial charge is 0.510 e. The molecule has 0 aromatic rings. The highest BCUT2D eigenvalue weighted by Gasteiger charge is 2.58. The van der Waals surface area contributed by atoms with Crippen LogP contribution in [0.4, 0.5) is 0 Å². The fraction of sp³-hybridized carbons (Fsp3) is 0.773. The molecule has 3 saturated carbocycles. The van der Waals surface area contributed by atoms with E-state index in [1.54, 1.807) is 0 Å². The molecule has 0 aromatic heterocycles. The molecule has 2 N–H and O–H groups in total. The van der Waals surface area contributed by atoms with Gasteiger partial charge in [0, 0.05) is 6.42 Å². The standard InChI is InChI=1S/C22H32O3/c1-21-9-7-16(24)11-14(21)3-5-18-19-6-4-15(12-17(25)13-23)22(19,2)10-8-20(18)21/h11-12,15,18-20,23,25H,3-10,13H2,1-2H3/t15-,18-,19-,20-,21-,22+/m0/s1. The highest BCUT2D eigenvalue weighted by atomic mass is 16.3. The van der Waals surface area contributed by atoms with Crippen molar-refractivity contribution in [3.63, 3.8) is 0 Å². The fourth-order valence-corrected chi connectivity index (χ4v) is 7.16. The lowest BCUT2D eigenvalue weighted by Crippen LogP contribution is -2.50. The summed E-state index contributed by atoms with van der Waals surface area (Å²) >= 11 is 0. The van der Waals surface area contributed by atoms with Crippen molar-refractivity contribution < 1.29 is 15.0 Å². The molecule has 0 aliphatic heterocycles. The van der Waals surface area contributed by atoms with Gasteiger partial charge in [-0.05, 0) is 91.6 Å². The molecule has 0 heterocycles. The summed E-state index contributed by atoms with van der Waals surface area (Å²) in [6.07, 6.45) is 12.8. The number of rotatable bonds is 2. The fourth-order valence-electron chi connectivity index (χ4n) is 7.16. The molecule has 3 fully saturated rings.